The van der Waals surface area contributed by atoms with Crippen molar-refractivity contribution in [2.75, 3.05) is 13.1 Å². The van der Waals surface area contributed by atoms with E-state index in [2.05, 4.69) is 27.3 Å². The molecule has 1 aliphatic heterocycles. The molecule has 1 fully saturated rings. The SMILES string of the molecule is O=C1CC(c2noc(-c3ccccn3)n2)CN1CCc1ccccc1. The van der Waals surface area contributed by atoms with E-state index in [9.17, 15) is 4.79 Å². The number of pyridine rings is 1. The molecule has 2 aromatic heterocycles. The van der Waals surface area contributed by atoms with Crippen molar-refractivity contribution in [3.05, 3.63) is 66.1 Å². The lowest BCUT2D eigenvalue weighted by molar-refractivity contribution is -0.127. The van der Waals surface area contributed by atoms with Crippen LogP contribution >= 0.6 is 0 Å². The van der Waals surface area contributed by atoms with Gasteiger partial charge in [-0.15, -0.1) is 0 Å². The summed E-state index contributed by atoms with van der Waals surface area (Å²) in [6.45, 7) is 1.34. The quantitative estimate of drug-likeness (QED) is 0.717. The predicted molar refractivity (Wildman–Crippen MR) is 91.6 cm³/mol. The smallest absolute Gasteiger partial charge is 0.276 e. The Morgan fingerprint density at radius 3 is 2.76 bits per heavy atom. The van der Waals surface area contributed by atoms with Gasteiger partial charge in [-0.05, 0) is 24.1 Å². The second-order valence-corrected chi connectivity index (χ2v) is 6.15. The highest BCUT2D eigenvalue weighted by Gasteiger charge is 2.33. The molecule has 0 bridgehead atoms. The van der Waals surface area contributed by atoms with Gasteiger partial charge in [-0.2, -0.15) is 4.98 Å². The first kappa shape index (κ1) is 15.5. The van der Waals surface area contributed by atoms with Crippen molar-refractivity contribution in [1.29, 1.82) is 0 Å². The number of rotatable bonds is 5. The van der Waals surface area contributed by atoms with Crippen LogP contribution in [0.2, 0.25) is 0 Å². The molecular weight excluding hydrogens is 316 g/mol. The number of amides is 1. The zero-order valence-electron chi connectivity index (χ0n) is 13.7. The van der Waals surface area contributed by atoms with Gasteiger partial charge in [-0.25, -0.2) is 0 Å². The topological polar surface area (TPSA) is 72.1 Å². The van der Waals surface area contributed by atoms with Gasteiger partial charge in [0.15, 0.2) is 5.82 Å². The number of benzene rings is 1. The van der Waals surface area contributed by atoms with Gasteiger partial charge in [0.1, 0.15) is 5.69 Å². The first-order valence-corrected chi connectivity index (χ1v) is 8.36. The molecule has 0 saturated carbocycles. The standard InChI is InChI=1S/C19H18N4O2/c24-17-12-15(13-23(17)11-9-14-6-2-1-3-7-14)18-21-19(25-22-18)16-8-4-5-10-20-16/h1-8,10,15H,9,11-13H2. The first-order valence-electron chi connectivity index (χ1n) is 8.36. The second kappa shape index (κ2) is 6.84. The van der Waals surface area contributed by atoms with Gasteiger partial charge in [0.05, 0.1) is 0 Å². The lowest BCUT2D eigenvalue weighted by Gasteiger charge is -2.15. The predicted octanol–water partition coefficient (Wildman–Crippen LogP) is 2.69. The van der Waals surface area contributed by atoms with Gasteiger partial charge in [0.25, 0.3) is 5.89 Å². The molecule has 25 heavy (non-hydrogen) atoms. The molecule has 6 heteroatoms. The highest BCUT2D eigenvalue weighted by molar-refractivity contribution is 5.79. The van der Waals surface area contributed by atoms with E-state index in [0.29, 0.717) is 36.9 Å². The molecule has 126 valence electrons. The molecule has 1 aromatic carbocycles. The molecule has 0 radical (unpaired) electrons. The van der Waals surface area contributed by atoms with Crippen molar-refractivity contribution in [3.8, 4) is 11.6 Å². The molecule has 6 nitrogen and oxygen atoms in total. The molecule has 1 amide bonds. The highest BCUT2D eigenvalue weighted by Crippen LogP contribution is 2.27. The maximum atomic E-state index is 12.3. The fourth-order valence-corrected chi connectivity index (χ4v) is 3.06. The third-order valence-corrected chi connectivity index (χ3v) is 4.42. The zero-order valence-corrected chi connectivity index (χ0v) is 13.7. The lowest BCUT2D eigenvalue weighted by Crippen LogP contribution is -2.27. The number of hydrogen-bond acceptors (Lipinski definition) is 5. The molecule has 1 saturated heterocycles. The van der Waals surface area contributed by atoms with Crippen LogP contribution < -0.4 is 0 Å². The first-order chi connectivity index (χ1) is 12.3. The molecule has 1 atom stereocenters. The molecule has 1 aliphatic rings. The Hall–Kier alpha value is -3.02. The minimum absolute atomic E-state index is 0.0236. The Balaban J connectivity index is 1.41. The van der Waals surface area contributed by atoms with Gasteiger partial charge in [0, 0.05) is 31.6 Å². The van der Waals surface area contributed by atoms with Crippen LogP contribution in [0.5, 0.6) is 0 Å². The zero-order chi connectivity index (χ0) is 17.1. The van der Waals surface area contributed by atoms with E-state index >= 15 is 0 Å². The molecule has 4 rings (SSSR count). The summed E-state index contributed by atoms with van der Waals surface area (Å²) in [6.07, 6.45) is 2.96. The maximum Gasteiger partial charge on any atom is 0.276 e. The largest absolute Gasteiger partial charge is 0.342 e. The van der Waals surface area contributed by atoms with Crippen LogP contribution in [-0.2, 0) is 11.2 Å². The van der Waals surface area contributed by atoms with Crippen LogP contribution in [0.25, 0.3) is 11.6 Å². The summed E-state index contributed by atoms with van der Waals surface area (Å²) in [5.41, 5.74) is 1.88. The van der Waals surface area contributed by atoms with E-state index in [4.69, 9.17) is 4.52 Å². The number of carbonyl (C=O) groups is 1. The summed E-state index contributed by atoms with van der Waals surface area (Å²) in [6, 6.07) is 15.7. The summed E-state index contributed by atoms with van der Waals surface area (Å²) in [7, 11) is 0. The van der Waals surface area contributed by atoms with Gasteiger partial charge in [-0.3, -0.25) is 9.78 Å². The average Bonchev–Trinajstić information content (AvgIpc) is 3.29. The number of carbonyl (C=O) groups excluding carboxylic acids is 1. The number of likely N-dealkylation sites (tertiary alicyclic amines) is 1. The van der Waals surface area contributed by atoms with Crippen LogP contribution in [0.1, 0.15) is 23.7 Å². The molecule has 0 aliphatic carbocycles. The minimum atomic E-state index is -0.0236. The summed E-state index contributed by atoms with van der Waals surface area (Å²) in [5, 5.41) is 4.06. The molecule has 3 heterocycles. The molecular formula is C19H18N4O2. The van der Waals surface area contributed by atoms with Crippen LogP contribution in [0.15, 0.2) is 59.3 Å². The van der Waals surface area contributed by atoms with Crippen LogP contribution in [0, 0.1) is 0 Å². The summed E-state index contributed by atoms with van der Waals surface area (Å²) in [5.74, 6) is 1.09. The van der Waals surface area contributed by atoms with E-state index < -0.39 is 0 Å². The van der Waals surface area contributed by atoms with Crippen LogP contribution in [0.3, 0.4) is 0 Å². The normalized spacial score (nSPS) is 17.2. The van der Waals surface area contributed by atoms with Crippen molar-refractivity contribution < 1.29 is 9.32 Å². The van der Waals surface area contributed by atoms with E-state index in [0.717, 1.165) is 6.42 Å². The van der Waals surface area contributed by atoms with Crippen molar-refractivity contribution in [1.82, 2.24) is 20.0 Å². The third kappa shape index (κ3) is 3.42. The fraction of sp³-hybridized carbons (Fsp3) is 0.263. The van der Waals surface area contributed by atoms with Gasteiger partial charge >= 0.3 is 0 Å². The Morgan fingerprint density at radius 1 is 1.12 bits per heavy atom. The molecule has 1 unspecified atom stereocenters. The maximum absolute atomic E-state index is 12.3. The lowest BCUT2D eigenvalue weighted by atomic mass is 10.1. The van der Waals surface area contributed by atoms with Crippen molar-refractivity contribution in [3.63, 3.8) is 0 Å². The van der Waals surface area contributed by atoms with Crippen molar-refractivity contribution >= 4 is 5.91 Å². The summed E-state index contributed by atoms with van der Waals surface area (Å²) >= 11 is 0. The summed E-state index contributed by atoms with van der Waals surface area (Å²) in [4.78, 5) is 22.8. The van der Waals surface area contributed by atoms with Crippen LogP contribution in [-0.4, -0.2) is 39.0 Å². The Morgan fingerprint density at radius 2 is 1.96 bits per heavy atom. The Labute approximate surface area is 145 Å². The van der Waals surface area contributed by atoms with Crippen LogP contribution in [0.4, 0.5) is 0 Å². The monoisotopic (exact) mass is 334 g/mol. The van der Waals surface area contributed by atoms with Gasteiger partial charge in [-0.1, -0.05) is 41.6 Å². The minimum Gasteiger partial charge on any atom is -0.342 e. The average molecular weight is 334 g/mol. The van der Waals surface area contributed by atoms with Gasteiger partial charge in [0.2, 0.25) is 5.91 Å². The molecule has 3 aromatic rings. The van der Waals surface area contributed by atoms with E-state index in [1.54, 1.807) is 6.20 Å². The highest BCUT2D eigenvalue weighted by atomic mass is 16.5. The molecule has 0 spiro atoms. The third-order valence-electron chi connectivity index (χ3n) is 4.42. The number of nitrogens with zero attached hydrogens (tertiary/aromatic N) is 4. The van der Waals surface area contributed by atoms with Crippen molar-refractivity contribution in [2.45, 2.75) is 18.8 Å². The van der Waals surface area contributed by atoms with E-state index in [1.807, 2.05) is 41.3 Å². The number of aromatic nitrogens is 3. The second-order valence-electron chi connectivity index (χ2n) is 6.15. The van der Waals surface area contributed by atoms with Gasteiger partial charge < -0.3 is 9.42 Å². The number of hydrogen-bond donors (Lipinski definition) is 0. The van der Waals surface area contributed by atoms with Crippen molar-refractivity contribution in [2.24, 2.45) is 0 Å². The van der Waals surface area contributed by atoms with E-state index in [1.165, 1.54) is 5.56 Å². The molecule has 0 N–H and O–H groups in total. The Bertz CT molecular complexity index is 848. The Kier molecular flexibility index (Phi) is 4.24. The fourth-order valence-electron chi connectivity index (χ4n) is 3.06. The van der Waals surface area contributed by atoms with E-state index in [-0.39, 0.29) is 11.8 Å². The summed E-state index contributed by atoms with van der Waals surface area (Å²) < 4.78 is 5.31.